The zero-order valence-electron chi connectivity index (χ0n) is 14.7. The fourth-order valence-corrected chi connectivity index (χ4v) is 3.31. The van der Waals surface area contributed by atoms with Crippen molar-refractivity contribution in [3.63, 3.8) is 0 Å². The number of piperidine rings is 1. The summed E-state index contributed by atoms with van der Waals surface area (Å²) in [5.74, 6) is -2.32. The monoisotopic (exact) mass is 380 g/mol. The maximum atomic E-state index is 14.0. The SMILES string of the molecule is O=C(Nc1cccc(CN2CCCCC2)c1)c1c(F)cccc1C(F)(F)F. The van der Waals surface area contributed by atoms with Crippen molar-refractivity contribution in [2.45, 2.75) is 32.0 Å². The number of nitrogens with one attached hydrogen (secondary N) is 1. The molecule has 2 aromatic rings. The number of carbonyl (C=O) groups excluding carboxylic acids is 1. The largest absolute Gasteiger partial charge is 0.417 e. The molecule has 0 aromatic heterocycles. The third-order valence-electron chi connectivity index (χ3n) is 4.59. The summed E-state index contributed by atoms with van der Waals surface area (Å²) in [6, 6.07) is 9.39. The maximum absolute atomic E-state index is 14.0. The van der Waals surface area contributed by atoms with Gasteiger partial charge in [0.05, 0.1) is 11.1 Å². The van der Waals surface area contributed by atoms with Gasteiger partial charge in [0.1, 0.15) is 5.82 Å². The molecule has 0 unspecified atom stereocenters. The number of amides is 1. The Kier molecular flexibility index (Phi) is 5.79. The number of likely N-dealkylation sites (tertiary alicyclic amines) is 1. The summed E-state index contributed by atoms with van der Waals surface area (Å²) in [6.45, 7) is 2.71. The molecule has 1 fully saturated rings. The highest BCUT2D eigenvalue weighted by atomic mass is 19.4. The third-order valence-corrected chi connectivity index (χ3v) is 4.59. The first-order chi connectivity index (χ1) is 12.8. The van der Waals surface area contributed by atoms with Crippen molar-refractivity contribution in [1.29, 1.82) is 0 Å². The van der Waals surface area contributed by atoms with Gasteiger partial charge in [0, 0.05) is 12.2 Å². The molecule has 0 aliphatic carbocycles. The minimum Gasteiger partial charge on any atom is -0.322 e. The molecule has 7 heteroatoms. The van der Waals surface area contributed by atoms with Crippen LogP contribution in [0.15, 0.2) is 42.5 Å². The lowest BCUT2D eigenvalue weighted by molar-refractivity contribution is -0.138. The van der Waals surface area contributed by atoms with Gasteiger partial charge in [0.25, 0.3) is 5.91 Å². The van der Waals surface area contributed by atoms with Crippen LogP contribution in [0.25, 0.3) is 0 Å². The van der Waals surface area contributed by atoms with Gasteiger partial charge in [-0.2, -0.15) is 13.2 Å². The van der Waals surface area contributed by atoms with Crippen LogP contribution in [0.3, 0.4) is 0 Å². The summed E-state index contributed by atoms with van der Waals surface area (Å²) >= 11 is 0. The van der Waals surface area contributed by atoms with Gasteiger partial charge in [-0.15, -0.1) is 0 Å². The van der Waals surface area contributed by atoms with Crippen LogP contribution in [0.1, 0.15) is 40.7 Å². The van der Waals surface area contributed by atoms with E-state index in [1.165, 1.54) is 6.42 Å². The van der Waals surface area contributed by atoms with Crippen LogP contribution in [-0.4, -0.2) is 23.9 Å². The lowest BCUT2D eigenvalue weighted by Gasteiger charge is -2.26. The van der Waals surface area contributed by atoms with Gasteiger partial charge in [-0.1, -0.05) is 24.6 Å². The molecule has 27 heavy (non-hydrogen) atoms. The number of benzene rings is 2. The van der Waals surface area contributed by atoms with Crippen LogP contribution in [0.2, 0.25) is 0 Å². The Morgan fingerprint density at radius 2 is 1.74 bits per heavy atom. The number of halogens is 4. The summed E-state index contributed by atoms with van der Waals surface area (Å²) in [5, 5.41) is 2.39. The Morgan fingerprint density at radius 1 is 1.04 bits per heavy atom. The quantitative estimate of drug-likeness (QED) is 0.750. The van der Waals surface area contributed by atoms with Crippen molar-refractivity contribution >= 4 is 11.6 Å². The molecule has 1 N–H and O–H groups in total. The summed E-state index contributed by atoms with van der Waals surface area (Å²) in [7, 11) is 0. The number of carbonyl (C=O) groups is 1. The summed E-state index contributed by atoms with van der Waals surface area (Å²) < 4.78 is 53.3. The van der Waals surface area contributed by atoms with Crippen molar-refractivity contribution in [3.8, 4) is 0 Å². The van der Waals surface area contributed by atoms with Gasteiger partial charge in [0.15, 0.2) is 0 Å². The first kappa shape index (κ1) is 19.4. The summed E-state index contributed by atoms with van der Waals surface area (Å²) in [6.07, 6.45) is -1.31. The smallest absolute Gasteiger partial charge is 0.322 e. The van der Waals surface area contributed by atoms with E-state index in [-0.39, 0.29) is 0 Å². The van der Waals surface area contributed by atoms with Crippen molar-refractivity contribution in [1.82, 2.24) is 4.90 Å². The summed E-state index contributed by atoms with van der Waals surface area (Å²) in [5.41, 5.74) is -0.999. The molecule has 1 saturated heterocycles. The van der Waals surface area contributed by atoms with Gasteiger partial charge >= 0.3 is 6.18 Å². The van der Waals surface area contributed by atoms with E-state index in [9.17, 15) is 22.4 Å². The highest BCUT2D eigenvalue weighted by Gasteiger charge is 2.36. The molecular weight excluding hydrogens is 360 g/mol. The van der Waals surface area contributed by atoms with Crippen LogP contribution in [-0.2, 0) is 12.7 Å². The molecule has 1 heterocycles. The van der Waals surface area contributed by atoms with E-state index in [0.29, 0.717) is 18.3 Å². The minimum atomic E-state index is -4.81. The van der Waals surface area contributed by atoms with Gasteiger partial charge in [0.2, 0.25) is 0 Å². The maximum Gasteiger partial charge on any atom is 0.417 e. The Bertz CT molecular complexity index is 814. The molecule has 0 radical (unpaired) electrons. The molecule has 1 aliphatic heterocycles. The lowest BCUT2D eigenvalue weighted by Crippen LogP contribution is -2.29. The number of hydrogen-bond donors (Lipinski definition) is 1. The molecule has 3 rings (SSSR count). The number of anilines is 1. The molecule has 144 valence electrons. The standard InChI is InChI=1S/C20H20F4N2O/c21-17-9-5-8-16(20(22,23)24)18(17)19(27)25-15-7-4-6-14(12-15)13-26-10-2-1-3-11-26/h4-9,12H,1-3,10-11,13H2,(H,25,27). The Balaban J connectivity index is 1.78. The first-order valence-electron chi connectivity index (χ1n) is 8.83. The average Bonchev–Trinajstić information content (AvgIpc) is 2.62. The lowest BCUT2D eigenvalue weighted by atomic mass is 10.1. The highest BCUT2D eigenvalue weighted by Crippen LogP contribution is 2.33. The predicted molar refractivity (Wildman–Crippen MR) is 94.9 cm³/mol. The Hall–Kier alpha value is -2.41. The van der Waals surface area contributed by atoms with E-state index in [1.54, 1.807) is 18.2 Å². The van der Waals surface area contributed by atoms with E-state index < -0.39 is 29.0 Å². The fraction of sp³-hybridized carbons (Fsp3) is 0.350. The van der Waals surface area contributed by atoms with Gasteiger partial charge in [-0.05, 0) is 55.8 Å². The molecular formula is C20H20F4N2O. The first-order valence-corrected chi connectivity index (χ1v) is 8.83. The molecule has 0 saturated carbocycles. The van der Waals surface area contributed by atoms with Gasteiger partial charge in [-0.3, -0.25) is 9.69 Å². The molecule has 0 bridgehead atoms. The molecule has 0 atom stereocenters. The Morgan fingerprint density at radius 3 is 2.44 bits per heavy atom. The van der Waals surface area contributed by atoms with Gasteiger partial charge < -0.3 is 5.32 Å². The number of rotatable bonds is 4. The number of nitrogens with zero attached hydrogens (tertiary/aromatic N) is 1. The van der Waals surface area contributed by atoms with Crippen molar-refractivity contribution in [2.75, 3.05) is 18.4 Å². The number of alkyl halides is 3. The van der Waals surface area contributed by atoms with Crippen molar-refractivity contribution in [3.05, 3.63) is 65.0 Å². The van der Waals surface area contributed by atoms with Crippen molar-refractivity contribution < 1.29 is 22.4 Å². The number of hydrogen-bond acceptors (Lipinski definition) is 2. The Labute approximate surface area is 155 Å². The molecule has 0 spiro atoms. The van der Waals surface area contributed by atoms with E-state index in [4.69, 9.17) is 0 Å². The van der Waals surface area contributed by atoms with Gasteiger partial charge in [-0.25, -0.2) is 4.39 Å². The van der Waals surface area contributed by atoms with Crippen LogP contribution in [0.5, 0.6) is 0 Å². The van der Waals surface area contributed by atoms with Crippen molar-refractivity contribution in [2.24, 2.45) is 0 Å². The van der Waals surface area contributed by atoms with Crippen LogP contribution < -0.4 is 5.32 Å². The predicted octanol–water partition coefficient (Wildman–Crippen LogP) is 5.08. The van der Waals surface area contributed by atoms with E-state index in [1.807, 2.05) is 6.07 Å². The molecule has 3 nitrogen and oxygen atoms in total. The second-order valence-corrected chi connectivity index (χ2v) is 6.65. The minimum absolute atomic E-state index is 0.339. The normalized spacial score (nSPS) is 15.6. The second-order valence-electron chi connectivity index (χ2n) is 6.65. The topological polar surface area (TPSA) is 32.3 Å². The zero-order chi connectivity index (χ0) is 19.4. The average molecular weight is 380 g/mol. The van der Waals surface area contributed by atoms with Crippen LogP contribution in [0, 0.1) is 5.82 Å². The van der Waals surface area contributed by atoms with E-state index in [2.05, 4.69) is 10.2 Å². The highest BCUT2D eigenvalue weighted by molar-refractivity contribution is 6.05. The fourth-order valence-electron chi connectivity index (χ4n) is 3.31. The van der Waals surface area contributed by atoms with Crippen LogP contribution >= 0.6 is 0 Å². The zero-order valence-corrected chi connectivity index (χ0v) is 14.7. The molecule has 1 amide bonds. The second kappa shape index (κ2) is 8.08. The van der Waals surface area contributed by atoms with Crippen LogP contribution in [0.4, 0.5) is 23.2 Å². The van der Waals surface area contributed by atoms with E-state index >= 15 is 0 Å². The molecule has 2 aromatic carbocycles. The third kappa shape index (κ3) is 4.86. The molecule has 1 aliphatic rings. The summed E-state index contributed by atoms with van der Waals surface area (Å²) in [4.78, 5) is 14.6. The van der Waals surface area contributed by atoms with E-state index in [0.717, 1.165) is 43.6 Å².